The van der Waals surface area contributed by atoms with E-state index >= 15 is 0 Å². The number of methoxy groups -OCH3 is 1. The van der Waals surface area contributed by atoms with E-state index in [4.69, 9.17) is 4.74 Å². The SMILES string of the molecule is COc1ccccc1N/C=C(/C#N)C(=O)N1CCC(C)CC1. The molecule has 0 aromatic heterocycles. The molecule has 1 fully saturated rings. The van der Waals surface area contributed by atoms with Crippen molar-refractivity contribution in [3.05, 3.63) is 36.0 Å². The van der Waals surface area contributed by atoms with Gasteiger partial charge in [-0.05, 0) is 30.9 Å². The number of piperidine rings is 1. The zero-order valence-electron chi connectivity index (χ0n) is 13.0. The number of nitrogens with one attached hydrogen (secondary N) is 1. The zero-order chi connectivity index (χ0) is 15.9. The van der Waals surface area contributed by atoms with Crippen molar-refractivity contribution in [3.63, 3.8) is 0 Å². The summed E-state index contributed by atoms with van der Waals surface area (Å²) in [6.07, 6.45) is 3.44. The number of para-hydroxylation sites is 2. The molecular weight excluding hydrogens is 278 g/mol. The fourth-order valence-corrected chi connectivity index (χ4v) is 2.44. The summed E-state index contributed by atoms with van der Waals surface area (Å²) in [5.74, 6) is 1.09. The third kappa shape index (κ3) is 3.79. The normalized spacial score (nSPS) is 16.0. The van der Waals surface area contributed by atoms with Crippen LogP contribution in [-0.2, 0) is 4.79 Å². The Hall–Kier alpha value is -2.48. The highest BCUT2D eigenvalue weighted by Gasteiger charge is 2.23. The van der Waals surface area contributed by atoms with Crippen molar-refractivity contribution in [1.82, 2.24) is 4.90 Å². The first-order valence-corrected chi connectivity index (χ1v) is 7.44. The number of hydrogen-bond acceptors (Lipinski definition) is 4. The van der Waals surface area contributed by atoms with Gasteiger partial charge in [-0.1, -0.05) is 19.1 Å². The summed E-state index contributed by atoms with van der Waals surface area (Å²) in [6.45, 7) is 3.62. The smallest absolute Gasteiger partial charge is 0.266 e. The Labute approximate surface area is 131 Å². The van der Waals surface area contributed by atoms with E-state index in [0.29, 0.717) is 24.8 Å². The molecule has 0 radical (unpaired) electrons. The molecule has 22 heavy (non-hydrogen) atoms. The van der Waals surface area contributed by atoms with Crippen LogP contribution in [0.25, 0.3) is 0 Å². The van der Waals surface area contributed by atoms with Gasteiger partial charge in [0.2, 0.25) is 0 Å². The van der Waals surface area contributed by atoms with E-state index in [2.05, 4.69) is 12.2 Å². The average Bonchev–Trinajstić information content (AvgIpc) is 2.56. The molecule has 5 heteroatoms. The van der Waals surface area contributed by atoms with Crippen molar-refractivity contribution in [2.45, 2.75) is 19.8 Å². The second-order valence-corrected chi connectivity index (χ2v) is 5.49. The largest absolute Gasteiger partial charge is 0.495 e. The molecule has 1 N–H and O–H groups in total. The van der Waals surface area contributed by atoms with E-state index in [1.54, 1.807) is 12.0 Å². The van der Waals surface area contributed by atoms with Crippen LogP contribution in [0.15, 0.2) is 36.0 Å². The Morgan fingerprint density at radius 3 is 2.73 bits per heavy atom. The van der Waals surface area contributed by atoms with Crippen LogP contribution in [0, 0.1) is 17.2 Å². The van der Waals surface area contributed by atoms with Gasteiger partial charge in [-0.25, -0.2) is 0 Å². The van der Waals surface area contributed by atoms with Gasteiger partial charge < -0.3 is 15.0 Å². The summed E-state index contributed by atoms with van der Waals surface area (Å²) in [5.41, 5.74) is 0.832. The predicted molar refractivity (Wildman–Crippen MR) is 85.3 cm³/mol. The number of carbonyl (C=O) groups excluding carboxylic acids is 1. The van der Waals surface area contributed by atoms with E-state index in [9.17, 15) is 10.1 Å². The number of nitrogens with zero attached hydrogens (tertiary/aromatic N) is 2. The molecule has 1 saturated heterocycles. The fraction of sp³-hybridized carbons (Fsp3) is 0.412. The lowest BCUT2D eigenvalue weighted by Gasteiger charge is -2.30. The topological polar surface area (TPSA) is 65.4 Å². The minimum atomic E-state index is -0.211. The number of benzene rings is 1. The van der Waals surface area contributed by atoms with Crippen LogP contribution in [0.4, 0.5) is 5.69 Å². The molecule has 1 aliphatic rings. The molecule has 116 valence electrons. The van der Waals surface area contributed by atoms with E-state index in [1.807, 2.05) is 30.3 Å². The number of likely N-dealkylation sites (tertiary alicyclic amines) is 1. The highest BCUT2D eigenvalue weighted by Crippen LogP contribution is 2.23. The third-order valence-electron chi connectivity index (χ3n) is 3.90. The van der Waals surface area contributed by atoms with Gasteiger partial charge in [-0.2, -0.15) is 5.26 Å². The van der Waals surface area contributed by atoms with Gasteiger partial charge in [0.25, 0.3) is 5.91 Å². The number of amides is 1. The van der Waals surface area contributed by atoms with Crippen molar-refractivity contribution < 1.29 is 9.53 Å². The van der Waals surface area contributed by atoms with Gasteiger partial charge in [0.1, 0.15) is 17.4 Å². The predicted octanol–water partition coefficient (Wildman–Crippen LogP) is 2.77. The van der Waals surface area contributed by atoms with E-state index in [1.165, 1.54) is 6.20 Å². The second-order valence-electron chi connectivity index (χ2n) is 5.49. The standard InChI is InChI=1S/C17H21N3O2/c1-13-7-9-20(10-8-13)17(21)14(11-18)12-19-15-5-3-4-6-16(15)22-2/h3-6,12-13,19H,7-10H2,1-2H3/b14-12-. The molecule has 2 rings (SSSR count). The number of rotatable bonds is 4. The summed E-state index contributed by atoms with van der Waals surface area (Å²) < 4.78 is 5.23. The molecule has 0 unspecified atom stereocenters. The zero-order valence-corrected chi connectivity index (χ0v) is 13.0. The molecule has 1 heterocycles. The van der Waals surface area contributed by atoms with Crippen LogP contribution in [0.1, 0.15) is 19.8 Å². The number of carbonyl (C=O) groups is 1. The Morgan fingerprint density at radius 2 is 2.09 bits per heavy atom. The van der Waals surface area contributed by atoms with Gasteiger partial charge in [-0.15, -0.1) is 0 Å². The van der Waals surface area contributed by atoms with Crippen molar-refractivity contribution in [2.24, 2.45) is 5.92 Å². The summed E-state index contributed by atoms with van der Waals surface area (Å²) in [6, 6.07) is 9.35. The monoisotopic (exact) mass is 299 g/mol. The van der Waals surface area contributed by atoms with Gasteiger partial charge in [0, 0.05) is 19.3 Å². The molecule has 0 bridgehead atoms. The number of ether oxygens (including phenoxy) is 1. The molecule has 0 aliphatic carbocycles. The van der Waals surface area contributed by atoms with Gasteiger partial charge in [-0.3, -0.25) is 4.79 Å². The van der Waals surface area contributed by atoms with E-state index in [-0.39, 0.29) is 11.5 Å². The second kappa shape index (κ2) is 7.51. The maximum Gasteiger partial charge on any atom is 0.266 e. The quantitative estimate of drug-likeness (QED) is 0.686. The highest BCUT2D eigenvalue weighted by atomic mass is 16.5. The maximum atomic E-state index is 12.4. The molecule has 5 nitrogen and oxygen atoms in total. The van der Waals surface area contributed by atoms with Crippen LogP contribution in [0.2, 0.25) is 0 Å². The Bertz CT molecular complexity index is 596. The van der Waals surface area contributed by atoms with Crippen molar-refractivity contribution in [3.8, 4) is 11.8 Å². The first kappa shape index (κ1) is 15.9. The lowest BCUT2D eigenvalue weighted by Crippen LogP contribution is -2.38. The first-order valence-electron chi connectivity index (χ1n) is 7.44. The molecule has 0 spiro atoms. The number of nitriles is 1. The highest BCUT2D eigenvalue weighted by molar-refractivity contribution is 5.97. The van der Waals surface area contributed by atoms with Gasteiger partial charge >= 0.3 is 0 Å². The molecular formula is C17H21N3O2. The molecule has 0 atom stereocenters. The molecule has 0 saturated carbocycles. The number of anilines is 1. The van der Waals surface area contributed by atoms with Crippen molar-refractivity contribution in [1.29, 1.82) is 5.26 Å². The Kier molecular flexibility index (Phi) is 5.42. The van der Waals surface area contributed by atoms with Gasteiger partial charge in [0.05, 0.1) is 12.8 Å². The minimum absolute atomic E-state index is 0.112. The lowest BCUT2D eigenvalue weighted by molar-refractivity contribution is -0.128. The first-order chi connectivity index (χ1) is 10.7. The van der Waals surface area contributed by atoms with E-state index in [0.717, 1.165) is 18.5 Å². The van der Waals surface area contributed by atoms with Crippen molar-refractivity contribution in [2.75, 3.05) is 25.5 Å². The summed E-state index contributed by atoms with van der Waals surface area (Å²) in [7, 11) is 1.58. The summed E-state index contributed by atoms with van der Waals surface area (Å²) in [4.78, 5) is 14.1. The lowest BCUT2D eigenvalue weighted by atomic mass is 9.99. The fourth-order valence-electron chi connectivity index (χ4n) is 2.44. The van der Waals surface area contributed by atoms with Crippen LogP contribution in [-0.4, -0.2) is 31.0 Å². The van der Waals surface area contributed by atoms with Crippen molar-refractivity contribution >= 4 is 11.6 Å². The third-order valence-corrected chi connectivity index (χ3v) is 3.90. The van der Waals surface area contributed by atoms with Crippen LogP contribution < -0.4 is 10.1 Å². The van der Waals surface area contributed by atoms with E-state index < -0.39 is 0 Å². The molecule has 1 aliphatic heterocycles. The van der Waals surface area contributed by atoms with Crippen LogP contribution in [0.5, 0.6) is 5.75 Å². The Morgan fingerprint density at radius 1 is 1.41 bits per heavy atom. The summed E-state index contributed by atoms with van der Waals surface area (Å²) in [5, 5.41) is 12.2. The molecule has 1 aromatic carbocycles. The maximum absolute atomic E-state index is 12.4. The summed E-state index contributed by atoms with van der Waals surface area (Å²) >= 11 is 0. The van der Waals surface area contributed by atoms with Gasteiger partial charge in [0.15, 0.2) is 0 Å². The Balaban J connectivity index is 2.07. The average molecular weight is 299 g/mol. The minimum Gasteiger partial charge on any atom is -0.495 e. The molecule has 1 aromatic rings. The molecule has 1 amide bonds. The van der Waals surface area contributed by atoms with Crippen LogP contribution in [0.3, 0.4) is 0 Å². The number of hydrogen-bond donors (Lipinski definition) is 1. The van der Waals surface area contributed by atoms with Crippen LogP contribution >= 0.6 is 0 Å².